The zero-order chi connectivity index (χ0) is 29.9. The van der Waals surface area contributed by atoms with Gasteiger partial charge in [0, 0.05) is 24.0 Å². The van der Waals surface area contributed by atoms with E-state index in [2.05, 4.69) is 15.4 Å². The summed E-state index contributed by atoms with van der Waals surface area (Å²) in [6.45, 7) is 1.58. The van der Waals surface area contributed by atoms with Gasteiger partial charge in [-0.05, 0) is 54.3 Å². The van der Waals surface area contributed by atoms with E-state index in [0.717, 1.165) is 22.9 Å². The standard InChI is InChI=1S/C28H23F6N5O2/c1-2-24(39-14-17(13-37-39)28(32,33)34)27(41)38-23(10-15-8-18(29)12-19(30)9-15)25-20(4-3-7-36-25)16-5-6-22(31)21(11-16)26(35)40/h3-9,11-14,23-24H,2,10H2,1H3,(H2,35,40)(H,38,41). The molecule has 41 heavy (non-hydrogen) atoms. The lowest BCUT2D eigenvalue weighted by Crippen LogP contribution is -2.37. The van der Waals surface area contributed by atoms with Gasteiger partial charge in [-0.25, -0.2) is 13.2 Å². The lowest BCUT2D eigenvalue weighted by molar-refractivity contribution is -0.138. The van der Waals surface area contributed by atoms with E-state index in [4.69, 9.17) is 5.73 Å². The quantitative estimate of drug-likeness (QED) is 0.256. The molecule has 0 spiro atoms. The first kappa shape index (κ1) is 29.3. The third kappa shape index (κ3) is 6.73. The maximum absolute atomic E-state index is 14.2. The molecule has 2 amide bonds. The average molecular weight is 576 g/mol. The lowest BCUT2D eigenvalue weighted by atomic mass is 9.94. The number of halogens is 6. The van der Waals surface area contributed by atoms with Crippen LogP contribution < -0.4 is 11.1 Å². The Bertz CT molecular complexity index is 1570. The summed E-state index contributed by atoms with van der Waals surface area (Å²) in [6.07, 6.45) is -2.09. The van der Waals surface area contributed by atoms with Crippen LogP contribution in [0.1, 0.15) is 52.6 Å². The number of carbonyl (C=O) groups is 2. The molecule has 3 N–H and O–H groups in total. The maximum atomic E-state index is 14.2. The van der Waals surface area contributed by atoms with Crippen molar-refractivity contribution in [2.24, 2.45) is 5.73 Å². The van der Waals surface area contributed by atoms with Gasteiger partial charge in [-0.15, -0.1) is 0 Å². The van der Waals surface area contributed by atoms with Crippen LogP contribution >= 0.6 is 0 Å². The molecule has 7 nitrogen and oxygen atoms in total. The van der Waals surface area contributed by atoms with Crippen molar-refractivity contribution in [3.8, 4) is 11.1 Å². The number of aromatic nitrogens is 3. The third-order valence-corrected chi connectivity index (χ3v) is 6.33. The molecule has 0 aliphatic heterocycles. The lowest BCUT2D eigenvalue weighted by Gasteiger charge is -2.24. The predicted octanol–water partition coefficient (Wildman–Crippen LogP) is 5.53. The number of nitrogens with two attached hydrogens (primary N) is 1. The number of benzene rings is 2. The van der Waals surface area contributed by atoms with Crippen LogP contribution in [0, 0.1) is 17.5 Å². The van der Waals surface area contributed by atoms with Gasteiger partial charge < -0.3 is 11.1 Å². The van der Waals surface area contributed by atoms with E-state index in [-0.39, 0.29) is 24.1 Å². The van der Waals surface area contributed by atoms with Gasteiger partial charge in [-0.1, -0.05) is 19.1 Å². The zero-order valence-corrected chi connectivity index (χ0v) is 21.4. The first-order valence-corrected chi connectivity index (χ1v) is 12.3. The molecular weight excluding hydrogens is 552 g/mol. The van der Waals surface area contributed by atoms with Crippen LogP contribution in [0.4, 0.5) is 26.3 Å². The number of nitrogens with zero attached hydrogens (tertiary/aromatic N) is 3. The molecule has 4 rings (SSSR count). The molecule has 2 unspecified atom stereocenters. The van der Waals surface area contributed by atoms with Crippen molar-refractivity contribution in [1.82, 2.24) is 20.1 Å². The summed E-state index contributed by atoms with van der Waals surface area (Å²) < 4.78 is 82.5. The Balaban J connectivity index is 1.77. The fourth-order valence-corrected chi connectivity index (χ4v) is 4.42. The Kier molecular flexibility index (Phi) is 8.45. The van der Waals surface area contributed by atoms with Crippen molar-refractivity contribution in [3.63, 3.8) is 0 Å². The number of hydrogen-bond donors (Lipinski definition) is 2. The molecule has 0 saturated carbocycles. The van der Waals surface area contributed by atoms with Gasteiger partial charge in [-0.2, -0.15) is 18.3 Å². The molecule has 0 aliphatic rings. The van der Waals surface area contributed by atoms with E-state index >= 15 is 0 Å². The van der Waals surface area contributed by atoms with Gasteiger partial charge in [0.05, 0.1) is 29.1 Å². The van der Waals surface area contributed by atoms with Crippen molar-refractivity contribution >= 4 is 11.8 Å². The Morgan fingerprint density at radius 1 is 1.05 bits per heavy atom. The molecule has 0 radical (unpaired) electrons. The predicted molar refractivity (Wildman–Crippen MR) is 136 cm³/mol. The second-order valence-electron chi connectivity index (χ2n) is 9.17. The molecule has 214 valence electrons. The highest BCUT2D eigenvalue weighted by molar-refractivity contribution is 5.94. The number of carbonyl (C=O) groups excluding carboxylic acids is 2. The van der Waals surface area contributed by atoms with Gasteiger partial charge in [0.2, 0.25) is 5.91 Å². The van der Waals surface area contributed by atoms with Crippen LogP contribution in [0.2, 0.25) is 0 Å². The number of nitrogens with one attached hydrogen (secondary N) is 1. The van der Waals surface area contributed by atoms with Crippen LogP contribution in [0.5, 0.6) is 0 Å². The first-order chi connectivity index (χ1) is 19.4. The second-order valence-corrected chi connectivity index (χ2v) is 9.17. The van der Waals surface area contributed by atoms with E-state index in [9.17, 15) is 35.9 Å². The number of pyridine rings is 1. The van der Waals surface area contributed by atoms with Crippen LogP contribution in [-0.4, -0.2) is 26.6 Å². The topological polar surface area (TPSA) is 103 Å². The number of primary amides is 1. The molecule has 2 aromatic heterocycles. The Hall–Kier alpha value is -4.68. The molecule has 2 atom stereocenters. The summed E-state index contributed by atoms with van der Waals surface area (Å²) in [5.41, 5.74) is 4.83. The SMILES string of the molecule is CCC(C(=O)NC(Cc1cc(F)cc(F)c1)c1ncccc1-c1ccc(F)c(C(N)=O)c1)n1cc(C(F)(F)F)cn1. The molecule has 0 saturated heterocycles. The van der Waals surface area contributed by atoms with Gasteiger partial charge in [-0.3, -0.25) is 19.3 Å². The molecule has 13 heteroatoms. The molecule has 2 aromatic carbocycles. The van der Waals surface area contributed by atoms with E-state index < -0.39 is 58.7 Å². The number of hydrogen-bond acceptors (Lipinski definition) is 4. The minimum absolute atomic E-state index is 0.0567. The second kappa shape index (κ2) is 11.8. The molecule has 4 aromatic rings. The minimum atomic E-state index is -4.67. The van der Waals surface area contributed by atoms with Crippen molar-refractivity contribution in [2.45, 2.75) is 38.0 Å². The summed E-state index contributed by atoms with van der Waals surface area (Å²) in [7, 11) is 0. The van der Waals surface area contributed by atoms with Gasteiger partial charge in [0.15, 0.2) is 0 Å². The highest BCUT2D eigenvalue weighted by atomic mass is 19.4. The monoisotopic (exact) mass is 575 g/mol. The number of amides is 2. The van der Waals surface area contributed by atoms with Gasteiger partial charge in [0.1, 0.15) is 23.5 Å². The Morgan fingerprint density at radius 3 is 2.37 bits per heavy atom. The average Bonchev–Trinajstić information content (AvgIpc) is 3.39. The third-order valence-electron chi connectivity index (χ3n) is 6.33. The Labute approximate surface area is 230 Å². The van der Waals surface area contributed by atoms with E-state index in [0.29, 0.717) is 29.6 Å². The van der Waals surface area contributed by atoms with E-state index in [1.54, 1.807) is 19.1 Å². The minimum Gasteiger partial charge on any atom is -0.366 e. The highest BCUT2D eigenvalue weighted by Gasteiger charge is 2.34. The maximum Gasteiger partial charge on any atom is 0.419 e. The van der Waals surface area contributed by atoms with Crippen molar-refractivity contribution in [1.29, 1.82) is 0 Å². The van der Waals surface area contributed by atoms with Crippen LogP contribution in [0.15, 0.2) is 67.1 Å². The molecule has 2 heterocycles. The Morgan fingerprint density at radius 2 is 1.76 bits per heavy atom. The molecule has 0 bridgehead atoms. The van der Waals surface area contributed by atoms with Crippen LogP contribution in [0.3, 0.4) is 0 Å². The van der Waals surface area contributed by atoms with Crippen molar-refractivity contribution in [3.05, 3.63) is 107 Å². The summed E-state index contributed by atoms with van der Waals surface area (Å²) >= 11 is 0. The van der Waals surface area contributed by atoms with Crippen LogP contribution in [0.25, 0.3) is 11.1 Å². The summed E-state index contributed by atoms with van der Waals surface area (Å²) in [4.78, 5) is 29.5. The first-order valence-electron chi connectivity index (χ1n) is 12.3. The van der Waals surface area contributed by atoms with E-state index in [1.807, 2.05) is 0 Å². The van der Waals surface area contributed by atoms with Crippen LogP contribution in [-0.2, 0) is 17.4 Å². The number of rotatable bonds is 9. The summed E-state index contributed by atoms with van der Waals surface area (Å²) in [5, 5.41) is 6.43. The number of alkyl halides is 3. The van der Waals surface area contributed by atoms with Crippen molar-refractivity contribution in [2.75, 3.05) is 0 Å². The summed E-state index contributed by atoms with van der Waals surface area (Å²) in [5.74, 6) is -4.33. The molecule has 0 aliphatic carbocycles. The largest absolute Gasteiger partial charge is 0.419 e. The zero-order valence-electron chi connectivity index (χ0n) is 21.4. The fourth-order valence-electron chi connectivity index (χ4n) is 4.42. The summed E-state index contributed by atoms with van der Waals surface area (Å²) in [6, 6.07) is 7.28. The normalized spacial score (nSPS) is 13.0. The molecular formula is C28H23F6N5O2. The smallest absolute Gasteiger partial charge is 0.366 e. The van der Waals surface area contributed by atoms with Gasteiger partial charge >= 0.3 is 6.18 Å². The highest BCUT2D eigenvalue weighted by Crippen LogP contribution is 2.32. The van der Waals surface area contributed by atoms with Gasteiger partial charge in [0.25, 0.3) is 5.91 Å². The molecule has 0 fully saturated rings. The fraction of sp³-hybridized carbons (Fsp3) is 0.214. The van der Waals surface area contributed by atoms with E-state index in [1.165, 1.54) is 18.3 Å². The van der Waals surface area contributed by atoms with Crippen molar-refractivity contribution < 1.29 is 35.9 Å².